The quantitative estimate of drug-likeness (QED) is 0.909. The first-order valence-corrected chi connectivity index (χ1v) is 7.51. The molecule has 0 amide bonds. The van der Waals surface area contributed by atoms with Crippen molar-refractivity contribution in [3.63, 3.8) is 0 Å². The van der Waals surface area contributed by atoms with E-state index < -0.39 is 0 Å². The van der Waals surface area contributed by atoms with Crippen LogP contribution in [0.5, 0.6) is 0 Å². The Morgan fingerprint density at radius 3 is 3.21 bits per heavy atom. The molecule has 2 atom stereocenters. The molecule has 0 aliphatic carbocycles. The van der Waals surface area contributed by atoms with Crippen molar-refractivity contribution in [2.24, 2.45) is 0 Å². The SMILES string of the molecule is c1csc(C2CCNc3nc(C4CCCO4)nn32)n1. The third kappa shape index (κ3) is 1.93. The van der Waals surface area contributed by atoms with Gasteiger partial charge in [0.1, 0.15) is 17.2 Å². The first-order valence-electron chi connectivity index (χ1n) is 6.63. The molecule has 2 unspecified atom stereocenters. The summed E-state index contributed by atoms with van der Waals surface area (Å²) in [5.74, 6) is 1.65. The highest BCUT2D eigenvalue weighted by atomic mass is 32.1. The van der Waals surface area contributed by atoms with E-state index in [1.54, 1.807) is 11.3 Å². The average Bonchev–Trinajstić information content (AvgIpc) is 3.18. The fourth-order valence-electron chi connectivity index (χ4n) is 2.67. The zero-order valence-electron chi connectivity index (χ0n) is 10.5. The minimum atomic E-state index is 0.0665. The highest BCUT2D eigenvalue weighted by molar-refractivity contribution is 7.09. The maximum atomic E-state index is 5.66. The summed E-state index contributed by atoms with van der Waals surface area (Å²) in [5, 5.41) is 11.1. The molecular formula is C12H15N5OS. The Morgan fingerprint density at radius 2 is 2.42 bits per heavy atom. The summed E-state index contributed by atoms with van der Waals surface area (Å²) in [6.45, 7) is 1.73. The fourth-order valence-corrected chi connectivity index (χ4v) is 3.42. The van der Waals surface area contributed by atoms with Gasteiger partial charge in [-0.15, -0.1) is 11.3 Å². The fraction of sp³-hybridized carbons (Fsp3) is 0.583. The number of anilines is 1. The summed E-state index contributed by atoms with van der Waals surface area (Å²) in [6, 6.07) is 0.207. The van der Waals surface area contributed by atoms with Crippen LogP contribution in [0, 0.1) is 0 Å². The zero-order valence-corrected chi connectivity index (χ0v) is 11.3. The molecule has 2 aromatic heterocycles. The van der Waals surface area contributed by atoms with E-state index in [4.69, 9.17) is 4.74 Å². The topological polar surface area (TPSA) is 64.9 Å². The normalized spacial score (nSPS) is 26.1. The van der Waals surface area contributed by atoms with Gasteiger partial charge in [-0.1, -0.05) is 0 Å². The summed E-state index contributed by atoms with van der Waals surface area (Å²) in [6.07, 6.45) is 5.02. The lowest BCUT2D eigenvalue weighted by atomic mass is 10.2. The van der Waals surface area contributed by atoms with Gasteiger partial charge in [0.2, 0.25) is 5.95 Å². The van der Waals surface area contributed by atoms with Crippen LogP contribution in [-0.4, -0.2) is 32.9 Å². The Balaban J connectivity index is 1.70. The molecule has 0 radical (unpaired) electrons. The molecule has 100 valence electrons. The van der Waals surface area contributed by atoms with Crippen LogP contribution in [0.3, 0.4) is 0 Å². The van der Waals surface area contributed by atoms with Crippen LogP contribution in [0.15, 0.2) is 11.6 Å². The van der Waals surface area contributed by atoms with Crippen molar-refractivity contribution < 1.29 is 4.74 Å². The summed E-state index contributed by atoms with van der Waals surface area (Å²) >= 11 is 1.68. The second-order valence-corrected chi connectivity index (χ2v) is 5.77. The van der Waals surface area contributed by atoms with E-state index in [1.165, 1.54) is 0 Å². The summed E-state index contributed by atoms with van der Waals surface area (Å²) in [7, 11) is 0. The molecule has 0 saturated carbocycles. The van der Waals surface area contributed by atoms with Crippen molar-refractivity contribution in [2.75, 3.05) is 18.5 Å². The molecule has 4 rings (SSSR count). The van der Waals surface area contributed by atoms with Gasteiger partial charge in [0.25, 0.3) is 0 Å². The van der Waals surface area contributed by atoms with Gasteiger partial charge in [0, 0.05) is 24.7 Å². The Labute approximate surface area is 114 Å². The number of hydrogen-bond acceptors (Lipinski definition) is 6. The molecule has 0 aromatic carbocycles. The molecule has 1 N–H and O–H groups in total. The second-order valence-electron chi connectivity index (χ2n) is 4.84. The van der Waals surface area contributed by atoms with Gasteiger partial charge in [-0.05, 0) is 19.3 Å². The molecule has 2 aromatic rings. The minimum absolute atomic E-state index is 0.0665. The predicted octanol–water partition coefficient (Wildman–Crippen LogP) is 1.99. The van der Waals surface area contributed by atoms with Gasteiger partial charge in [-0.2, -0.15) is 10.1 Å². The number of hydrogen-bond donors (Lipinski definition) is 1. The van der Waals surface area contributed by atoms with E-state index in [0.29, 0.717) is 0 Å². The van der Waals surface area contributed by atoms with E-state index in [1.807, 2.05) is 16.3 Å². The molecule has 2 aliphatic heterocycles. The van der Waals surface area contributed by atoms with Crippen LogP contribution in [0.4, 0.5) is 5.95 Å². The summed E-state index contributed by atoms with van der Waals surface area (Å²) < 4.78 is 7.64. The van der Waals surface area contributed by atoms with E-state index in [2.05, 4.69) is 20.4 Å². The number of aromatic nitrogens is 4. The number of nitrogens with zero attached hydrogens (tertiary/aromatic N) is 4. The molecule has 1 fully saturated rings. The largest absolute Gasteiger partial charge is 0.370 e. The second kappa shape index (κ2) is 4.57. The van der Waals surface area contributed by atoms with Gasteiger partial charge >= 0.3 is 0 Å². The van der Waals surface area contributed by atoms with Gasteiger partial charge in [0.15, 0.2) is 5.82 Å². The number of fused-ring (bicyclic) bond motifs is 1. The lowest BCUT2D eigenvalue weighted by molar-refractivity contribution is 0.105. The van der Waals surface area contributed by atoms with Crippen LogP contribution in [-0.2, 0) is 4.74 Å². The third-order valence-electron chi connectivity index (χ3n) is 3.60. The molecule has 19 heavy (non-hydrogen) atoms. The van der Waals surface area contributed by atoms with Gasteiger partial charge in [-0.25, -0.2) is 9.67 Å². The van der Waals surface area contributed by atoms with E-state index in [0.717, 1.165) is 49.2 Å². The van der Waals surface area contributed by atoms with Crippen molar-refractivity contribution >= 4 is 17.3 Å². The Bertz CT molecular complexity index is 561. The van der Waals surface area contributed by atoms with E-state index in [-0.39, 0.29) is 12.1 Å². The van der Waals surface area contributed by atoms with Gasteiger partial charge in [0.05, 0.1) is 0 Å². The van der Waals surface area contributed by atoms with Crippen LogP contribution < -0.4 is 5.32 Å². The van der Waals surface area contributed by atoms with Crippen molar-refractivity contribution in [1.82, 2.24) is 19.7 Å². The predicted molar refractivity (Wildman–Crippen MR) is 71.3 cm³/mol. The number of ether oxygens (including phenoxy) is 1. The number of nitrogens with one attached hydrogen (secondary N) is 1. The lowest BCUT2D eigenvalue weighted by Gasteiger charge is -2.22. The van der Waals surface area contributed by atoms with Crippen LogP contribution in [0.25, 0.3) is 0 Å². The van der Waals surface area contributed by atoms with Crippen molar-refractivity contribution in [1.29, 1.82) is 0 Å². The molecule has 6 nitrogen and oxygen atoms in total. The molecule has 4 heterocycles. The highest BCUT2D eigenvalue weighted by Crippen LogP contribution is 2.32. The minimum Gasteiger partial charge on any atom is -0.370 e. The molecular weight excluding hydrogens is 262 g/mol. The van der Waals surface area contributed by atoms with Crippen molar-refractivity contribution in [3.8, 4) is 0 Å². The lowest BCUT2D eigenvalue weighted by Crippen LogP contribution is -2.24. The first-order chi connectivity index (χ1) is 9.42. The molecule has 1 saturated heterocycles. The third-order valence-corrected chi connectivity index (χ3v) is 4.47. The smallest absolute Gasteiger partial charge is 0.222 e. The van der Waals surface area contributed by atoms with Crippen molar-refractivity contribution in [3.05, 3.63) is 22.4 Å². The maximum Gasteiger partial charge on any atom is 0.222 e. The van der Waals surface area contributed by atoms with Crippen LogP contribution in [0.2, 0.25) is 0 Å². The van der Waals surface area contributed by atoms with E-state index >= 15 is 0 Å². The van der Waals surface area contributed by atoms with Crippen LogP contribution >= 0.6 is 11.3 Å². The summed E-state index contributed by atoms with van der Waals surface area (Å²) in [4.78, 5) is 9.00. The highest BCUT2D eigenvalue weighted by Gasteiger charge is 2.29. The maximum absolute atomic E-state index is 5.66. The Morgan fingerprint density at radius 1 is 1.42 bits per heavy atom. The van der Waals surface area contributed by atoms with Crippen LogP contribution in [0.1, 0.15) is 42.2 Å². The average molecular weight is 277 g/mol. The summed E-state index contributed by atoms with van der Waals surface area (Å²) in [5.41, 5.74) is 0. The number of rotatable bonds is 2. The Hall–Kier alpha value is -1.47. The molecule has 0 spiro atoms. The van der Waals surface area contributed by atoms with Gasteiger partial charge in [-0.3, -0.25) is 0 Å². The number of thiazole rings is 1. The first kappa shape index (κ1) is 11.4. The van der Waals surface area contributed by atoms with Gasteiger partial charge < -0.3 is 10.1 Å². The van der Waals surface area contributed by atoms with E-state index in [9.17, 15) is 0 Å². The Kier molecular flexibility index (Phi) is 2.73. The molecule has 0 bridgehead atoms. The zero-order chi connectivity index (χ0) is 12.7. The monoisotopic (exact) mass is 277 g/mol. The molecule has 2 aliphatic rings. The van der Waals surface area contributed by atoms with Crippen molar-refractivity contribution in [2.45, 2.75) is 31.4 Å². The molecule has 7 heteroatoms. The standard InChI is InChI=1S/C12H15N5OS/c1-2-9(18-6-1)10-15-12-14-4-3-8(17(12)16-10)11-13-5-7-19-11/h5,7-9H,1-4,6H2,(H,14,15,16).